The third-order valence-electron chi connectivity index (χ3n) is 2.74. The third kappa shape index (κ3) is 12.9. The summed E-state index contributed by atoms with van der Waals surface area (Å²) in [6, 6.07) is 0. The van der Waals surface area contributed by atoms with Gasteiger partial charge in [0.1, 0.15) is 0 Å². The zero-order chi connectivity index (χ0) is 21.8. The van der Waals surface area contributed by atoms with Crippen molar-refractivity contribution in [2.45, 2.75) is 64.9 Å². The number of halogens is 6. The molecule has 0 bridgehead atoms. The van der Waals surface area contributed by atoms with Crippen molar-refractivity contribution in [1.29, 1.82) is 0 Å². The zero-order valence-electron chi connectivity index (χ0n) is 15.4. The van der Waals surface area contributed by atoms with Crippen molar-refractivity contribution in [1.82, 2.24) is 0 Å². The second-order valence-electron chi connectivity index (χ2n) is 5.61. The largest absolute Gasteiger partial charge is 0.462 e. The fourth-order valence-corrected chi connectivity index (χ4v) is 1.27. The highest BCUT2D eigenvalue weighted by Crippen LogP contribution is 2.35. The van der Waals surface area contributed by atoms with Crippen LogP contribution in [0.25, 0.3) is 0 Å². The molecule has 0 rings (SSSR count). The molecule has 0 aromatic heterocycles. The maximum atomic E-state index is 12.3. The van der Waals surface area contributed by atoms with Gasteiger partial charge >= 0.3 is 24.2 Å². The van der Waals surface area contributed by atoms with Crippen LogP contribution in [-0.2, 0) is 19.1 Å². The molecule has 0 fully saturated rings. The molecular formula is C17H24F6O4. The van der Waals surface area contributed by atoms with E-state index in [9.17, 15) is 35.9 Å². The number of alkyl halides is 6. The van der Waals surface area contributed by atoms with E-state index in [2.05, 4.69) is 24.8 Å². The maximum Gasteiger partial charge on any atom is 0.441 e. The van der Waals surface area contributed by atoms with E-state index >= 15 is 0 Å². The Labute approximate surface area is 154 Å². The molecule has 10 heteroatoms. The van der Waals surface area contributed by atoms with Crippen molar-refractivity contribution in [2.75, 3.05) is 6.61 Å². The molecule has 1 atom stereocenters. The summed E-state index contributed by atoms with van der Waals surface area (Å²) in [5.41, 5.74) is -0.0884. The van der Waals surface area contributed by atoms with E-state index in [4.69, 9.17) is 4.74 Å². The second kappa shape index (κ2) is 12.4. The van der Waals surface area contributed by atoms with Crippen LogP contribution in [-0.4, -0.2) is 37.0 Å². The molecular weight excluding hydrogens is 382 g/mol. The first-order chi connectivity index (χ1) is 12.2. The summed E-state index contributed by atoms with van der Waals surface area (Å²) in [6.07, 6.45) is -11.1. The third-order valence-corrected chi connectivity index (χ3v) is 2.74. The topological polar surface area (TPSA) is 52.6 Å². The van der Waals surface area contributed by atoms with E-state index < -0.39 is 30.0 Å². The zero-order valence-corrected chi connectivity index (χ0v) is 15.4. The average Bonchev–Trinajstić information content (AvgIpc) is 2.52. The van der Waals surface area contributed by atoms with Gasteiger partial charge in [0.15, 0.2) is 0 Å². The fraction of sp³-hybridized carbons (Fsp3) is 0.647. The average molecular weight is 406 g/mol. The highest BCUT2D eigenvalue weighted by Gasteiger charge is 2.60. The van der Waals surface area contributed by atoms with Crippen LogP contribution in [0.5, 0.6) is 0 Å². The van der Waals surface area contributed by atoms with E-state index in [0.717, 1.165) is 19.8 Å². The van der Waals surface area contributed by atoms with Crippen LogP contribution < -0.4 is 0 Å². The molecule has 0 aliphatic carbocycles. The summed E-state index contributed by atoms with van der Waals surface area (Å²) in [6.45, 7) is 11.6. The lowest BCUT2D eigenvalue weighted by atomic mass is 10.2. The molecule has 0 aliphatic heterocycles. The molecule has 0 amide bonds. The van der Waals surface area contributed by atoms with Crippen LogP contribution >= 0.6 is 0 Å². The lowest BCUT2D eigenvalue weighted by molar-refractivity contribution is -0.320. The summed E-state index contributed by atoms with van der Waals surface area (Å²) in [5, 5.41) is 0. The van der Waals surface area contributed by atoms with Gasteiger partial charge in [-0.15, -0.1) is 0 Å². The second-order valence-corrected chi connectivity index (χ2v) is 5.61. The minimum atomic E-state index is -5.81. The van der Waals surface area contributed by atoms with Crippen molar-refractivity contribution >= 4 is 11.9 Å². The van der Waals surface area contributed by atoms with Crippen LogP contribution in [0.1, 0.15) is 46.5 Å². The first kappa shape index (κ1) is 27.2. The molecule has 0 heterocycles. The van der Waals surface area contributed by atoms with Gasteiger partial charge in [0, 0.05) is 11.1 Å². The Balaban J connectivity index is 0. The Kier molecular flexibility index (Phi) is 12.5. The first-order valence-corrected chi connectivity index (χ1v) is 7.96. The Morgan fingerprint density at radius 3 is 1.78 bits per heavy atom. The Hall–Kier alpha value is -2.00. The van der Waals surface area contributed by atoms with Gasteiger partial charge in [-0.3, -0.25) is 0 Å². The molecule has 0 radical (unpaired) electrons. The molecule has 0 saturated heterocycles. The molecule has 0 aromatic rings. The van der Waals surface area contributed by atoms with E-state index in [1.54, 1.807) is 6.92 Å². The van der Waals surface area contributed by atoms with Gasteiger partial charge in [-0.1, -0.05) is 39.3 Å². The van der Waals surface area contributed by atoms with Crippen molar-refractivity contribution in [2.24, 2.45) is 0 Å². The summed E-state index contributed by atoms with van der Waals surface area (Å²) in [7, 11) is 0. The van der Waals surface area contributed by atoms with Gasteiger partial charge in [0.05, 0.1) is 6.61 Å². The van der Waals surface area contributed by atoms with Crippen molar-refractivity contribution < 1.29 is 45.4 Å². The quantitative estimate of drug-likeness (QED) is 0.226. The van der Waals surface area contributed by atoms with Gasteiger partial charge in [0.25, 0.3) is 6.17 Å². The number of carbonyl (C=O) groups is 2. The molecule has 0 N–H and O–H groups in total. The van der Waals surface area contributed by atoms with Crippen LogP contribution in [0.2, 0.25) is 0 Å². The van der Waals surface area contributed by atoms with Crippen LogP contribution in [0.15, 0.2) is 24.3 Å². The molecule has 0 aromatic carbocycles. The van der Waals surface area contributed by atoms with Crippen LogP contribution in [0.4, 0.5) is 26.3 Å². The lowest BCUT2D eigenvalue weighted by Crippen LogP contribution is -2.44. The van der Waals surface area contributed by atoms with Gasteiger partial charge in [-0.2, -0.15) is 22.0 Å². The van der Waals surface area contributed by atoms with E-state index in [0.29, 0.717) is 12.2 Å². The monoisotopic (exact) mass is 406 g/mol. The molecule has 1 unspecified atom stereocenters. The van der Waals surface area contributed by atoms with E-state index in [1.165, 1.54) is 12.8 Å². The van der Waals surface area contributed by atoms with Crippen molar-refractivity contribution in [3.8, 4) is 0 Å². The van der Waals surface area contributed by atoms with Gasteiger partial charge < -0.3 is 9.47 Å². The smallest absolute Gasteiger partial charge is 0.441 e. The number of carbonyl (C=O) groups excluding carboxylic acids is 2. The minimum absolute atomic E-state index is 0.272. The standard InChI is InChI=1S/C10H18O2.C7H6F6O2/c1-4-5-6-7-8-12-10(11)9(2)3;1-3(2)4(14)15-7(12,13)5(8)6(9,10)11/h2,4-8H2,1,3H3;5H,1H2,2H3. The Morgan fingerprint density at radius 2 is 1.41 bits per heavy atom. The lowest BCUT2D eigenvalue weighted by Gasteiger charge is -2.21. The molecule has 0 saturated carbocycles. The van der Waals surface area contributed by atoms with E-state index in [1.807, 2.05) is 0 Å². The summed E-state index contributed by atoms with van der Waals surface area (Å²) >= 11 is 0. The normalized spacial score (nSPS) is 12.3. The number of unbranched alkanes of at least 4 members (excludes halogenated alkanes) is 3. The number of hydrogen-bond acceptors (Lipinski definition) is 4. The number of rotatable bonds is 9. The first-order valence-electron chi connectivity index (χ1n) is 7.96. The predicted octanol–water partition coefficient (Wildman–Crippen LogP) is 5.28. The molecule has 0 aliphatic rings. The number of ether oxygens (including phenoxy) is 2. The van der Waals surface area contributed by atoms with Crippen molar-refractivity contribution in [3.63, 3.8) is 0 Å². The van der Waals surface area contributed by atoms with Gasteiger partial charge in [-0.25, -0.2) is 14.0 Å². The van der Waals surface area contributed by atoms with Gasteiger partial charge in [-0.05, 0) is 20.3 Å². The van der Waals surface area contributed by atoms with E-state index in [-0.39, 0.29) is 5.97 Å². The molecule has 0 spiro atoms. The highest BCUT2D eigenvalue weighted by molar-refractivity contribution is 5.87. The number of hydrogen-bond donors (Lipinski definition) is 0. The number of esters is 2. The SMILES string of the molecule is C=C(C)C(=O)OC(F)(F)C(F)C(F)(F)F.C=C(C)C(=O)OCCCCCC. The summed E-state index contributed by atoms with van der Waals surface area (Å²) in [4.78, 5) is 21.3. The highest BCUT2D eigenvalue weighted by atomic mass is 19.4. The molecule has 27 heavy (non-hydrogen) atoms. The predicted molar refractivity (Wildman–Crippen MR) is 86.7 cm³/mol. The molecule has 158 valence electrons. The van der Waals surface area contributed by atoms with Gasteiger partial charge in [0.2, 0.25) is 0 Å². The van der Waals surface area contributed by atoms with Crippen LogP contribution in [0, 0.1) is 0 Å². The van der Waals surface area contributed by atoms with Crippen LogP contribution in [0.3, 0.4) is 0 Å². The summed E-state index contributed by atoms with van der Waals surface area (Å²) < 4.78 is 79.3. The Bertz CT molecular complexity index is 514. The Morgan fingerprint density at radius 1 is 0.926 bits per heavy atom. The fourth-order valence-electron chi connectivity index (χ4n) is 1.27. The summed E-state index contributed by atoms with van der Waals surface area (Å²) in [5.74, 6) is -2.07. The maximum absolute atomic E-state index is 12.3. The van der Waals surface area contributed by atoms with Crippen molar-refractivity contribution in [3.05, 3.63) is 24.3 Å². The molecule has 4 nitrogen and oxygen atoms in total. The minimum Gasteiger partial charge on any atom is -0.462 e.